The first-order chi connectivity index (χ1) is 8.90. The molecule has 1 heterocycles. The number of aliphatic hydroxyl groups excluding tert-OH is 1. The Bertz CT molecular complexity index is 448. The highest BCUT2D eigenvalue weighted by Crippen LogP contribution is 2.29. The molecule has 3 nitrogen and oxygen atoms in total. The van der Waals surface area contributed by atoms with E-state index in [-0.39, 0.29) is 5.82 Å². The molecule has 3 atom stereocenters. The van der Waals surface area contributed by atoms with E-state index in [4.69, 9.17) is 0 Å². The average Bonchev–Trinajstić information content (AvgIpc) is 2.71. The van der Waals surface area contributed by atoms with E-state index in [0.29, 0.717) is 23.2 Å². The predicted octanol–water partition coefficient (Wildman–Crippen LogP) is 2.27. The standard InChI is InChI=1S/C15H23FN2O/c1-10-8-18(9-15(10)17(3)4)14-6-5-12(11(2)19)7-13(14)16/h5-7,10-11,15,19H,8-9H2,1-4H3/t10?,11-,15?/m0/s1. The van der Waals surface area contributed by atoms with Crippen LogP contribution in [0.2, 0.25) is 0 Å². The minimum atomic E-state index is -0.629. The van der Waals surface area contributed by atoms with Crippen LogP contribution in [0.1, 0.15) is 25.5 Å². The summed E-state index contributed by atoms with van der Waals surface area (Å²) in [6.07, 6.45) is -0.629. The molecule has 19 heavy (non-hydrogen) atoms. The molecule has 1 aliphatic rings. The van der Waals surface area contributed by atoms with Gasteiger partial charge < -0.3 is 14.9 Å². The zero-order chi connectivity index (χ0) is 14.2. The smallest absolute Gasteiger partial charge is 0.146 e. The molecule has 106 valence electrons. The fourth-order valence-corrected chi connectivity index (χ4v) is 2.86. The van der Waals surface area contributed by atoms with Crippen molar-refractivity contribution in [2.75, 3.05) is 32.1 Å². The minimum absolute atomic E-state index is 0.245. The summed E-state index contributed by atoms with van der Waals surface area (Å²) in [6, 6.07) is 5.47. The molecule has 2 rings (SSSR count). The maximum atomic E-state index is 14.2. The van der Waals surface area contributed by atoms with Gasteiger partial charge in [0.1, 0.15) is 5.82 Å². The van der Waals surface area contributed by atoms with E-state index < -0.39 is 6.10 Å². The number of nitrogens with zero attached hydrogens (tertiary/aromatic N) is 2. The van der Waals surface area contributed by atoms with Gasteiger partial charge in [-0.3, -0.25) is 0 Å². The molecule has 1 aromatic carbocycles. The largest absolute Gasteiger partial charge is 0.389 e. The molecule has 1 fully saturated rings. The molecule has 2 unspecified atom stereocenters. The molecule has 1 saturated heterocycles. The molecule has 0 aromatic heterocycles. The number of aliphatic hydroxyl groups is 1. The van der Waals surface area contributed by atoms with Gasteiger partial charge in [-0.05, 0) is 44.6 Å². The Labute approximate surface area is 114 Å². The van der Waals surface area contributed by atoms with E-state index in [1.54, 1.807) is 19.1 Å². The lowest BCUT2D eigenvalue weighted by Gasteiger charge is -2.23. The van der Waals surface area contributed by atoms with E-state index in [2.05, 4.69) is 30.8 Å². The van der Waals surface area contributed by atoms with E-state index in [1.165, 1.54) is 6.07 Å². The quantitative estimate of drug-likeness (QED) is 0.909. The second-order valence-corrected chi connectivity index (χ2v) is 5.80. The second kappa shape index (κ2) is 5.47. The highest BCUT2D eigenvalue weighted by molar-refractivity contribution is 5.50. The third kappa shape index (κ3) is 2.90. The van der Waals surface area contributed by atoms with Gasteiger partial charge in [-0.1, -0.05) is 13.0 Å². The minimum Gasteiger partial charge on any atom is -0.389 e. The molecule has 1 N–H and O–H groups in total. The van der Waals surface area contributed by atoms with Crippen LogP contribution in [-0.4, -0.2) is 43.2 Å². The van der Waals surface area contributed by atoms with Crippen LogP contribution in [0.3, 0.4) is 0 Å². The zero-order valence-electron chi connectivity index (χ0n) is 12.1. The number of hydrogen-bond acceptors (Lipinski definition) is 3. The average molecular weight is 266 g/mol. The molecular weight excluding hydrogens is 243 g/mol. The maximum absolute atomic E-state index is 14.2. The Kier molecular flexibility index (Phi) is 4.11. The fraction of sp³-hybridized carbons (Fsp3) is 0.600. The molecule has 0 bridgehead atoms. The van der Waals surface area contributed by atoms with E-state index in [0.717, 1.165) is 13.1 Å². The van der Waals surface area contributed by atoms with Gasteiger partial charge in [0.25, 0.3) is 0 Å². The van der Waals surface area contributed by atoms with Gasteiger partial charge in [0.15, 0.2) is 0 Å². The molecule has 0 spiro atoms. The monoisotopic (exact) mass is 266 g/mol. The molecule has 0 aliphatic carbocycles. The summed E-state index contributed by atoms with van der Waals surface area (Å²) in [4.78, 5) is 4.29. The first-order valence-corrected chi connectivity index (χ1v) is 6.79. The SMILES string of the molecule is CC1CN(c2ccc([C@H](C)O)cc2F)CC1N(C)C. The van der Waals surface area contributed by atoms with Crippen molar-refractivity contribution in [3.8, 4) is 0 Å². The lowest BCUT2D eigenvalue weighted by Crippen LogP contribution is -2.34. The van der Waals surface area contributed by atoms with Crippen molar-refractivity contribution in [3.63, 3.8) is 0 Å². The molecule has 1 aromatic rings. The van der Waals surface area contributed by atoms with Crippen molar-refractivity contribution in [1.29, 1.82) is 0 Å². The summed E-state index contributed by atoms with van der Waals surface area (Å²) in [5.74, 6) is 0.274. The van der Waals surface area contributed by atoms with Gasteiger partial charge in [-0.15, -0.1) is 0 Å². The van der Waals surface area contributed by atoms with Gasteiger partial charge in [0, 0.05) is 19.1 Å². The van der Waals surface area contributed by atoms with Crippen LogP contribution >= 0.6 is 0 Å². The Morgan fingerprint density at radius 1 is 1.37 bits per heavy atom. The maximum Gasteiger partial charge on any atom is 0.146 e. The number of hydrogen-bond donors (Lipinski definition) is 1. The number of benzene rings is 1. The van der Waals surface area contributed by atoms with Crippen molar-refractivity contribution < 1.29 is 9.50 Å². The van der Waals surface area contributed by atoms with Crippen LogP contribution in [0, 0.1) is 11.7 Å². The van der Waals surface area contributed by atoms with Crippen molar-refractivity contribution in [2.45, 2.75) is 26.0 Å². The Morgan fingerprint density at radius 2 is 2.05 bits per heavy atom. The van der Waals surface area contributed by atoms with Gasteiger partial charge in [-0.2, -0.15) is 0 Å². The van der Waals surface area contributed by atoms with Crippen LogP contribution in [0.25, 0.3) is 0 Å². The van der Waals surface area contributed by atoms with Crippen LogP contribution in [-0.2, 0) is 0 Å². The number of halogens is 1. The lowest BCUT2D eigenvalue weighted by molar-refractivity contribution is 0.199. The topological polar surface area (TPSA) is 26.7 Å². The Hall–Kier alpha value is -1.13. The van der Waals surface area contributed by atoms with Crippen molar-refractivity contribution >= 4 is 5.69 Å². The summed E-state index contributed by atoms with van der Waals surface area (Å²) in [5.41, 5.74) is 1.26. The fourth-order valence-electron chi connectivity index (χ4n) is 2.86. The summed E-state index contributed by atoms with van der Waals surface area (Å²) in [6.45, 7) is 5.56. The summed E-state index contributed by atoms with van der Waals surface area (Å²) >= 11 is 0. The summed E-state index contributed by atoms with van der Waals surface area (Å²) < 4.78 is 14.2. The Balaban J connectivity index is 2.20. The molecule has 1 aliphatic heterocycles. The van der Waals surface area contributed by atoms with E-state index in [9.17, 15) is 9.50 Å². The highest BCUT2D eigenvalue weighted by Gasteiger charge is 2.32. The van der Waals surface area contributed by atoms with Gasteiger partial charge in [0.2, 0.25) is 0 Å². The first kappa shape index (κ1) is 14.3. The molecule has 0 radical (unpaired) electrons. The molecule has 0 amide bonds. The van der Waals surface area contributed by atoms with Gasteiger partial charge in [0.05, 0.1) is 11.8 Å². The molecular formula is C15H23FN2O. The number of anilines is 1. The zero-order valence-corrected chi connectivity index (χ0v) is 12.1. The van der Waals surface area contributed by atoms with E-state index >= 15 is 0 Å². The first-order valence-electron chi connectivity index (χ1n) is 6.79. The van der Waals surface area contributed by atoms with Crippen molar-refractivity contribution in [1.82, 2.24) is 4.90 Å². The van der Waals surface area contributed by atoms with Gasteiger partial charge in [-0.25, -0.2) is 4.39 Å². The van der Waals surface area contributed by atoms with Crippen LogP contribution in [0.4, 0.5) is 10.1 Å². The normalized spacial score (nSPS) is 25.1. The molecule has 4 heteroatoms. The van der Waals surface area contributed by atoms with Crippen LogP contribution in [0.15, 0.2) is 18.2 Å². The van der Waals surface area contributed by atoms with E-state index in [1.807, 2.05) is 0 Å². The summed E-state index contributed by atoms with van der Waals surface area (Å²) in [7, 11) is 4.13. The van der Waals surface area contributed by atoms with Crippen molar-refractivity contribution in [3.05, 3.63) is 29.6 Å². The third-order valence-corrected chi connectivity index (χ3v) is 4.03. The third-order valence-electron chi connectivity index (χ3n) is 4.03. The molecule has 0 saturated carbocycles. The lowest BCUT2D eigenvalue weighted by atomic mass is 10.1. The van der Waals surface area contributed by atoms with Crippen LogP contribution < -0.4 is 4.90 Å². The van der Waals surface area contributed by atoms with Crippen molar-refractivity contribution in [2.24, 2.45) is 5.92 Å². The van der Waals surface area contributed by atoms with Crippen LogP contribution in [0.5, 0.6) is 0 Å². The van der Waals surface area contributed by atoms with Gasteiger partial charge >= 0.3 is 0 Å². The predicted molar refractivity (Wildman–Crippen MR) is 75.9 cm³/mol. The Morgan fingerprint density at radius 3 is 2.53 bits per heavy atom. The number of rotatable bonds is 3. The highest BCUT2D eigenvalue weighted by atomic mass is 19.1. The number of likely N-dealkylation sites (N-methyl/N-ethyl adjacent to an activating group) is 1. The summed E-state index contributed by atoms with van der Waals surface area (Å²) in [5, 5.41) is 9.47. The second-order valence-electron chi connectivity index (χ2n) is 5.80.